The summed E-state index contributed by atoms with van der Waals surface area (Å²) in [5.74, 6) is 0.594. The van der Waals surface area contributed by atoms with Gasteiger partial charge in [-0.3, -0.25) is 4.79 Å². The number of nitrogens with zero attached hydrogens (tertiary/aromatic N) is 2. The molecule has 0 aliphatic heterocycles. The zero-order valence-electron chi connectivity index (χ0n) is 11.4. The summed E-state index contributed by atoms with van der Waals surface area (Å²) in [5.41, 5.74) is 1.91. The first-order valence-corrected chi connectivity index (χ1v) is 7.49. The van der Waals surface area contributed by atoms with Gasteiger partial charge in [-0.2, -0.15) is 0 Å². The van der Waals surface area contributed by atoms with E-state index < -0.39 is 5.97 Å². The number of benzene rings is 1. The van der Waals surface area contributed by atoms with Crippen molar-refractivity contribution in [1.29, 1.82) is 0 Å². The van der Waals surface area contributed by atoms with Crippen LogP contribution >= 0.6 is 11.8 Å². The minimum absolute atomic E-state index is 0.0293. The quantitative estimate of drug-likeness (QED) is 0.858. The molecule has 2 aromatic rings. The monoisotopic (exact) mass is 292 g/mol. The normalized spacial score (nSPS) is 21.1. The minimum Gasteiger partial charge on any atom is -0.497 e. The first-order chi connectivity index (χ1) is 9.60. The fraction of sp³-hybridized carbons (Fsp3) is 0.429. The van der Waals surface area contributed by atoms with Crippen LogP contribution in [-0.2, 0) is 4.79 Å². The van der Waals surface area contributed by atoms with E-state index in [-0.39, 0.29) is 5.75 Å². The third-order valence-corrected chi connectivity index (χ3v) is 4.53. The number of aromatic nitrogens is 2. The highest BCUT2D eigenvalue weighted by Gasteiger charge is 2.37. The van der Waals surface area contributed by atoms with Crippen molar-refractivity contribution in [1.82, 2.24) is 9.55 Å². The van der Waals surface area contributed by atoms with E-state index in [0.29, 0.717) is 12.0 Å². The molecule has 20 heavy (non-hydrogen) atoms. The molecule has 2 unspecified atom stereocenters. The van der Waals surface area contributed by atoms with E-state index in [1.807, 2.05) is 18.2 Å². The number of thioether (sulfide) groups is 1. The molecule has 0 bridgehead atoms. The van der Waals surface area contributed by atoms with Crippen LogP contribution in [0, 0.1) is 5.92 Å². The molecule has 1 heterocycles. The lowest BCUT2D eigenvalue weighted by Crippen LogP contribution is -2.02. The van der Waals surface area contributed by atoms with E-state index in [4.69, 9.17) is 9.84 Å². The van der Waals surface area contributed by atoms with Crippen LogP contribution in [0.25, 0.3) is 11.0 Å². The van der Waals surface area contributed by atoms with Crippen LogP contribution in [0.5, 0.6) is 5.75 Å². The van der Waals surface area contributed by atoms with E-state index in [0.717, 1.165) is 28.4 Å². The van der Waals surface area contributed by atoms with E-state index >= 15 is 0 Å². The van der Waals surface area contributed by atoms with Gasteiger partial charge in [0.2, 0.25) is 0 Å². The highest BCUT2D eigenvalue weighted by Crippen LogP contribution is 2.46. The Bertz CT molecular complexity index is 668. The first kappa shape index (κ1) is 13.3. The van der Waals surface area contributed by atoms with Crippen LogP contribution in [0.2, 0.25) is 0 Å². The van der Waals surface area contributed by atoms with E-state index in [9.17, 15) is 4.79 Å². The molecule has 0 radical (unpaired) electrons. The lowest BCUT2D eigenvalue weighted by Gasteiger charge is -2.07. The van der Waals surface area contributed by atoms with Gasteiger partial charge < -0.3 is 14.4 Å². The highest BCUT2D eigenvalue weighted by atomic mass is 32.2. The maximum atomic E-state index is 10.8. The van der Waals surface area contributed by atoms with E-state index in [1.165, 1.54) is 11.8 Å². The van der Waals surface area contributed by atoms with Crippen LogP contribution in [0.3, 0.4) is 0 Å². The number of ether oxygens (including phenoxy) is 1. The number of carboxylic acids is 1. The highest BCUT2D eigenvalue weighted by molar-refractivity contribution is 7.99. The number of aliphatic carboxylic acids is 1. The molecule has 1 aromatic carbocycles. The van der Waals surface area contributed by atoms with E-state index in [2.05, 4.69) is 16.5 Å². The van der Waals surface area contributed by atoms with Crippen molar-refractivity contribution in [3.8, 4) is 5.75 Å². The Morgan fingerprint density at radius 1 is 1.60 bits per heavy atom. The maximum absolute atomic E-state index is 10.8. The lowest BCUT2D eigenvalue weighted by molar-refractivity contribution is -0.133. The third kappa shape index (κ3) is 2.35. The largest absolute Gasteiger partial charge is 0.497 e. The van der Waals surface area contributed by atoms with Gasteiger partial charge in [0.05, 0.1) is 23.9 Å². The Morgan fingerprint density at radius 3 is 2.95 bits per heavy atom. The van der Waals surface area contributed by atoms with Crippen molar-refractivity contribution in [2.75, 3.05) is 12.9 Å². The summed E-state index contributed by atoms with van der Waals surface area (Å²) in [4.78, 5) is 15.3. The molecule has 6 heteroatoms. The van der Waals surface area contributed by atoms with Crippen molar-refractivity contribution in [3.05, 3.63) is 18.2 Å². The van der Waals surface area contributed by atoms with Gasteiger partial charge in [0.25, 0.3) is 0 Å². The van der Waals surface area contributed by atoms with Gasteiger partial charge in [-0.25, -0.2) is 4.98 Å². The minimum atomic E-state index is -0.824. The number of hydrogen-bond donors (Lipinski definition) is 1. The fourth-order valence-corrected chi connectivity index (χ4v) is 3.18. The summed E-state index contributed by atoms with van der Waals surface area (Å²) >= 11 is 1.28. The second-order valence-electron chi connectivity index (χ2n) is 5.08. The first-order valence-electron chi connectivity index (χ1n) is 6.50. The second-order valence-corrected chi connectivity index (χ2v) is 6.02. The lowest BCUT2D eigenvalue weighted by atomic mass is 10.3. The van der Waals surface area contributed by atoms with Crippen molar-refractivity contribution < 1.29 is 14.6 Å². The van der Waals surface area contributed by atoms with Crippen molar-refractivity contribution in [2.45, 2.75) is 24.5 Å². The molecule has 1 saturated carbocycles. The van der Waals surface area contributed by atoms with Crippen molar-refractivity contribution >= 4 is 28.8 Å². The second kappa shape index (κ2) is 5.01. The molecule has 0 amide bonds. The zero-order valence-corrected chi connectivity index (χ0v) is 12.2. The Kier molecular flexibility index (Phi) is 3.33. The molecule has 5 nitrogen and oxygen atoms in total. The molecular weight excluding hydrogens is 276 g/mol. The summed E-state index contributed by atoms with van der Waals surface area (Å²) < 4.78 is 7.39. The summed E-state index contributed by atoms with van der Waals surface area (Å²) in [7, 11) is 1.63. The molecule has 1 fully saturated rings. The van der Waals surface area contributed by atoms with Gasteiger partial charge in [0.15, 0.2) is 5.16 Å². The number of carbonyl (C=O) groups is 1. The standard InChI is InChI=1S/C14H16N2O3S/c1-8-5-12(8)16-11-4-3-9(19-2)6-10(11)15-14(16)20-7-13(17)18/h3-4,6,8,12H,5,7H2,1-2H3,(H,17,18). The third-order valence-electron chi connectivity index (χ3n) is 3.59. The number of fused-ring (bicyclic) bond motifs is 1. The summed E-state index contributed by atoms with van der Waals surface area (Å²) in [6.07, 6.45) is 1.12. The van der Waals surface area contributed by atoms with Crippen LogP contribution < -0.4 is 4.74 Å². The number of rotatable bonds is 5. The van der Waals surface area contributed by atoms with Crippen LogP contribution in [0.1, 0.15) is 19.4 Å². The van der Waals surface area contributed by atoms with Gasteiger partial charge in [-0.1, -0.05) is 18.7 Å². The number of methoxy groups -OCH3 is 1. The Labute approximate surface area is 120 Å². The maximum Gasteiger partial charge on any atom is 0.313 e. The molecule has 0 spiro atoms. The molecule has 0 saturated heterocycles. The van der Waals surface area contributed by atoms with Gasteiger partial charge in [0.1, 0.15) is 5.75 Å². The summed E-state index contributed by atoms with van der Waals surface area (Å²) in [6, 6.07) is 6.24. The fourth-order valence-electron chi connectivity index (χ4n) is 2.39. The predicted molar refractivity (Wildman–Crippen MR) is 77.5 cm³/mol. The van der Waals surface area contributed by atoms with Crippen LogP contribution in [0.4, 0.5) is 0 Å². The van der Waals surface area contributed by atoms with Gasteiger partial charge in [0, 0.05) is 12.1 Å². The Hall–Kier alpha value is -1.69. The average molecular weight is 292 g/mol. The number of carboxylic acid groups (broad SMARTS) is 1. The number of imidazole rings is 1. The molecule has 2 atom stereocenters. The van der Waals surface area contributed by atoms with Gasteiger partial charge in [-0.05, 0) is 24.5 Å². The Balaban J connectivity index is 2.04. The molecule has 3 rings (SSSR count). The van der Waals surface area contributed by atoms with Crippen LogP contribution in [-0.4, -0.2) is 33.5 Å². The van der Waals surface area contributed by atoms with Crippen molar-refractivity contribution in [2.24, 2.45) is 5.92 Å². The van der Waals surface area contributed by atoms with Gasteiger partial charge in [-0.15, -0.1) is 0 Å². The SMILES string of the molecule is COc1ccc2c(c1)nc(SCC(=O)O)n2C1CC1C. The summed E-state index contributed by atoms with van der Waals surface area (Å²) in [5, 5.41) is 9.63. The van der Waals surface area contributed by atoms with Gasteiger partial charge >= 0.3 is 5.97 Å². The van der Waals surface area contributed by atoms with Crippen molar-refractivity contribution in [3.63, 3.8) is 0 Å². The summed E-state index contributed by atoms with van der Waals surface area (Å²) in [6.45, 7) is 2.20. The molecular formula is C14H16N2O3S. The predicted octanol–water partition coefficient (Wildman–Crippen LogP) is 2.80. The number of hydrogen-bond acceptors (Lipinski definition) is 4. The smallest absolute Gasteiger partial charge is 0.313 e. The zero-order chi connectivity index (χ0) is 14.3. The van der Waals surface area contributed by atoms with E-state index in [1.54, 1.807) is 7.11 Å². The molecule has 106 valence electrons. The molecule has 1 aromatic heterocycles. The molecule has 1 aliphatic rings. The average Bonchev–Trinajstić information content (AvgIpc) is 3.02. The topological polar surface area (TPSA) is 64.3 Å². The Morgan fingerprint density at radius 2 is 2.35 bits per heavy atom. The van der Waals surface area contributed by atoms with Crippen LogP contribution in [0.15, 0.2) is 23.4 Å². The molecule has 1 N–H and O–H groups in total. The molecule has 1 aliphatic carbocycles.